The molecule has 1 saturated carbocycles. The normalized spacial score (nSPS) is 13.8. The number of nitrogens with one attached hydrogen (secondary N) is 1. The maximum Gasteiger partial charge on any atom is 0.251 e. The van der Waals surface area contributed by atoms with E-state index < -0.39 is 0 Å². The molecule has 1 aromatic heterocycles. The van der Waals surface area contributed by atoms with Crippen LogP contribution in [0.5, 0.6) is 0 Å². The maximum absolute atomic E-state index is 13.2. The van der Waals surface area contributed by atoms with E-state index in [-0.39, 0.29) is 36.8 Å². The van der Waals surface area contributed by atoms with Gasteiger partial charge in [0, 0.05) is 17.3 Å². The molecule has 0 aliphatic heterocycles. The van der Waals surface area contributed by atoms with Crippen LogP contribution in [-0.4, -0.2) is 44.6 Å². The highest BCUT2D eigenvalue weighted by Gasteiger charge is 2.24. The van der Waals surface area contributed by atoms with Crippen LogP contribution < -0.4 is 10.2 Å². The van der Waals surface area contributed by atoms with E-state index in [1.165, 1.54) is 21.8 Å². The van der Waals surface area contributed by atoms with E-state index in [0.717, 1.165) is 31.2 Å². The molecule has 1 heterocycles. The predicted molar refractivity (Wildman–Crippen MR) is 117 cm³/mol. The number of rotatable bonds is 7. The van der Waals surface area contributed by atoms with Gasteiger partial charge in [-0.25, -0.2) is 4.39 Å². The topological polar surface area (TPSA) is 93.0 Å². The molecule has 0 bridgehead atoms. The van der Waals surface area contributed by atoms with Crippen molar-refractivity contribution in [3.05, 3.63) is 59.9 Å². The van der Waals surface area contributed by atoms with Gasteiger partial charge in [-0.3, -0.25) is 9.59 Å². The molecule has 0 saturated heterocycles. The van der Waals surface area contributed by atoms with Gasteiger partial charge >= 0.3 is 0 Å². The van der Waals surface area contributed by atoms with Crippen molar-refractivity contribution in [2.24, 2.45) is 0 Å². The molecule has 3 aromatic rings. The monoisotopic (exact) mass is 436 g/mol. The zero-order chi connectivity index (χ0) is 22.5. The average molecular weight is 436 g/mol. The molecule has 4 rings (SSSR count). The summed E-state index contributed by atoms with van der Waals surface area (Å²) in [7, 11) is 0. The Hall–Kier alpha value is -3.62. The van der Waals surface area contributed by atoms with Crippen molar-refractivity contribution in [2.45, 2.75) is 45.2 Å². The van der Waals surface area contributed by atoms with Gasteiger partial charge in [0.2, 0.25) is 11.7 Å². The second kappa shape index (κ2) is 9.67. The lowest BCUT2D eigenvalue weighted by atomic mass is 10.1. The Kier molecular flexibility index (Phi) is 6.53. The van der Waals surface area contributed by atoms with Gasteiger partial charge in [0.25, 0.3) is 5.91 Å². The Morgan fingerprint density at radius 1 is 1.12 bits per heavy atom. The number of halogens is 1. The fourth-order valence-electron chi connectivity index (χ4n) is 3.89. The summed E-state index contributed by atoms with van der Waals surface area (Å²) >= 11 is 0. The highest BCUT2D eigenvalue weighted by molar-refractivity contribution is 5.99. The summed E-state index contributed by atoms with van der Waals surface area (Å²) in [6, 6.07) is 13.3. The first-order valence-electron chi connectivity index (χ1n) is 10.7. The van der Waals surface area contributed by atoms with Crippen LogP contribution in [-0.2, 0) is 16.1 Å². The standard InChI is InChI=1S/C23H25FN6O2/c1-16-6-2-5-9-20(16)29(14-21(31)25-19-7-3-4-8-19)22(32)15-30-27-23(26-28-30)17-10-12-18(24)13-11-17/h2,5-6,9-13,19H,3-4,7-8,14-15H2,1H3,(H,25,31). The van der Waals surface area contributed by atoms with E-state index in [0.29, 0.717) is 17.1 Å². The third-order valence-corrected chi connectivity index (χ3v) is 5.56. The van der Waals surface area contributed by atoms with Crippen LogP contribution in [0.25, 0.3) is 11.4 Å². The lowest BCUT2D eigenvalue weighted by Gasteiger charge is -2.24. The lowest BCUT2D eigenvalue weighted by Crippen LogP contribution is -2.45. The van der Waals surface area contributed by atoms with Crippen molar-refractivity contribution in [3.8, 4) is 11.4 Å². The summed E-state index contributed by atoms with van der Waals surface area (Å²) in [6.07, 6.45) is 4.16. The van der Waals surface area contributed by atoms with Crippen molar-refractivity contribution in [3.63, 3.8) is 0 Å². The van der Waals surface area contributed by atoms with Gasteiger partial charge in [-0.05, 0) is 60.9 Å². The van der Waals surface area contributed by atoms with Crippen LogP contribution in [0.4, 0.5) is 10.1 Å². The third kappa shape index (κ3) is 5.16. The van der Waals surface area contributed by atoms with Crippen molar-refractivity contribution in [1.29, 1.82) is 0 Å². The minimum Gasteiger partial charge on any atom is -0.352 e. The molecule has 2 aromatic carbocycles. The van der Waals surface area contributed by atoms with Gasteiger partial charge in [0.05, 0.1) is 0 Å². The van der Waals surface area contributed by atoms with E-state index in [4.69, 9.17) is 0 Å². The van der Waals surface area contributed by atoms with E-state index in [2.05, 4.69) is 20.7 Å². The fourth-order valence-corrected chi connectivity index (χ4v) is 3.89. The first-order valence-corrected chi connectivity index (χ1v) is 10.7. The molecule has 1 N–H and O–H groups in total. The van der Waals surface area contributed by atoms with Crippen LogP contribution in [0.15, 0.2) is 48.5 Å². The van der Waals surface area contributed by atoms with Crippen molar-refractivity contribution >= 4 is 17.5 Å². The molecule has 166 valence electrons. The van der Waals surface area contributed by atoms with Crippen molar-refractivity contribution < 1.29 is 14.0 Å². The average Bonchev–Trinajstić information content (AvgIpc) is 3.45. The number of carbonyl (C=O) groups is 2. The molecule has 32 heavy (non-hydrogen) atoms. The van der Waals surface area contributed by atoms with Crippen molar-refractivity contribution in [2.75, 3.05) is 11.4 Å². The number of nitrogens with zero attached hydrogens (tertiary/aromatic N) is 5. The third-order valence-electron chi connectivity index (χ3n) is 5.56. The van der Waals surface area contributed by atoms with Gasteiger partial charge in [0.15, 0.2) is 0 Å². The van der Waals surface area contributed by atoms with Crippen LogP contribution >= 0.6 is 0 Å². The second-order valence-corrected chi connectivity index (χ2v) is 7.97. The number of aromatic nitrogens is 4. The summed E-state index contributed by atoms with van der Waals surface area (Å²) in [5.74, 6) is -0.587. The number of para-hydroxylation sites is 1. The molecular formula is C23H25FN6O2. The largest absolute Gasteiger partial charge is 0.352 e. The molecule has 0 spiro atoms. The smallest absolute Gasteiger partial charge is 0.251 e. The quantitative estimate of drug-likeness (QED) is 0.615. The minimum atomic E-state index is -0.360. The fraction of sp³-hybridized carbons (Fsp3) is 0.348. The van der Waals surface area contributed by atoms with Crippen LogP contribution in [0.3, 0.4) is 0 Å². The highest BCUT2D eigenvalue weighted by atomic mass is 19.1. The Balaban J connectivity index is 1.50. The van der Waals surface area contributed by atoms with Gasteiger partial charge in [0.1, 0.15) is 18.9 Å². The SMILES string of the molecule is Cc1ccccc1N(CC(=O)NC1CCCC1)C(=O)Cn1nnc(-c2ccc(F)cc2)n1. The Morgan fingerprint density at radius 2 is 1.84 bits per heavy atom. The number of benzene rings is 2. The number of aryl methyl sites for hydroxylation is 1. The predicted octanol–water partition coefficient (Wildman–Crippen LogP) is 2.88. The minimum absolute atomic E-state index is 0.0836. The number of anilines is 1. The van der Waals surface area contributed by atoms with Gasteiger partial charge in [-0.1, -0.05) is 31.0 Å². The first kappa shape index (κ1) is 21.6. The molecular weight excluding hydrogens is 411 g/mol. The van der Waals surface area contributed by atoms with Gasteiger partial charge in [-0.15, -0.1) is 10.2 Å². The zero-order valence-corrected chi connectivity index (χ0v) is 17.9. The highest BCUT2D eigenvalue weighted by Crippen LogP contribution is 2.21. The molecule has 1 aliphatic carbocycles. The number of hydrogen-bond donors (Lipinski definition) is 1. The Morgan fingerprint density at radius 3 is 2.56 bits per heavy atom. The number of tetrazole rings is 1. The zero-order valence-electron chi connectivity index (χ0n) is 17.9. The molecule has 8 nitrogen and oxygen atoms in total. The molecule has 0 unspecified atom stereocenters. The van der Waals surface area contributed by atoms with Crippen LogP contribution in [0.2, 0.25) is 0 Å². The van der Waals surface area contributed by atoms with Crippen LogP contribution in [0, 0.1) is 12.7 Å². The second-order valence-electron chi connectivity index (χ2n) is 7.97. The van der Waals surface area contributed by atoms with Gasteiger partial charge < -0.3 is 10.2 Å². The molecule has 1 aliphatic rings. The van der Waals surface area contributed by atoms with E-state index >= 15 is 0 Å². The first-order chi connectivity index (χ1) is 15.5. The maximum atomic E-state index is 13.2. The summed E-state index contributed by atoms with van der Waals surface area (Å²) in [5, 5.41) is 15.2. The number of hydrogen-bond acceptors (Lipinski definition) is 5. The number of amides is 2. The summed E-state index contributed by atoms with van der Waals surface area (Å²) in [4.78, 5) is 28.5. The molecule has 0 atom stereocenters. The molecule has 0 radical (unpaired) electrons. The van der Waals surface area contributed by atoms with E-state index in [9.17, 15) is 14.0 Å². The number of carbonyl (C=O) groups excluding carboxylic acids is 2. The molecule has 1 fully saturated rings. The molecule has 9 heteroatoms. The Labute approximate surface area is 185 Å². The van der Waals surface area contributed by atoms with E-state index in [1.54, 1.807) is 12.1 Å². The van der Waals surface area contributed by atoms with E-state index in [1.807, 2.05) is 31.2 Å². The van der Waals surface area contributed by atoms with Crippen LogP contribution in [0.1, 0.15) is 31.2 Å². The lowest BCUT2D eigenvalue weighted by molar-refractivity contribution is -0.124. The summed E-state index contributed by atoms with van der Waals surface area (Å²) in [6.45, 7) is 1.63. The summed E-state index contributed by atoms with van der Waals surface area (Å²) < 4.78 is 13.1. The Bertz CT molecular complexity index is 1090. The molecule has 2 amide bonds. The van der Waals surface area contributed by atoms with Crippen molar-refractivity contribution in [1.82, 2.24) is 25.5 Å². The van der Waals surface area contributed by atoms with Gasteiger partial charge in [-0.2, -0.15) is 4.80 Å². The summed E-state index contributed by atoms with van der Waals surface area (Å²) in [5.41, 5.74) is 2.14.